The number of hydrogen-bond acceptors (Lipinski definition) is 4. The number of piperidine rings is 1. The number of hydrogen-bond donors (Lipinski definition) is 2. The average Bonchev–Trinajstić information content (AvgIpc) is 2.74. The van der Waals surface area contributed by atoms with E-state index in [2.05, 4.69) is 0 Å². The van der Waals surface area contributed by atoms with Gasteiger partial charge in [0.2, 0.25) is 11.2 Å². The van der Waals surface area contributed by atoms with Crippen molar-refractivity contribution in [3.63, 3.8) is 0 Å². The Labute approximate surface area is 187 Å². The van der Waals surface area contributed by atoms with E-state index in [1.54, 1.807) is 6.92 Å². The summed E-state index contributed by atoms with van der Waals surface area (Å²) in [5, 5.41) is 10.7. The summed E-state index contributed by atoms with van der Waals surface area (Å²) in [6.07, 6.45) is -1.89. The number of quaternary nitrogens is 1. The monoisotopic (exact) mass is 468 g/mol. The van der Waals surface area contributed by atoms with Crippen LogP contribution in [0, 0.1) is 6.92 Å². The molecule has 4 rings (SSSR count). The number of ether oxygens (including phenoxy) is 1. The van der Waals surface area contributed by atoms with E-state index < -0.39 is 23.1 Å². The Morgan fingerprint density at radius 3 is 2.53 bits per heavy atom. The number of benzene rings is 2. The first-order valence-corrected chi connectivity index (χ1v) is 10.7. The van der Waals surface area contributed by atoms with Crippen LogP contribution in [-0.2, 0) is 12.7 Å². The maximum absolute atomic E-state index is 13.9. The lowest BCUT2D eigenvalue weighted by molar-refractivity contribution is -0.918. The molecule has 1 saturated heterocycles. The average molecular weight is 469 g/mol. The molecule has 2 heterocycles. The van der Waals surface area contributed by atoms with Gasteiger partial charge in [0.05, 0.1) is 24.0 Å². The Balaban J connectivity index is 1.87. The molecule has 0 spiro atoms. The first kappa shape index (κ1) is 22.5. The molecule has 0 amide bonds. The third-order valence-electron chi connectivity index (χ3n) is 5.69. The predicted octanol–water partition coefficient (Wildman–Crippen LogP) is 4.84. The molecule has 170 valence electrons. The molecule has 3 aromatic rings. The molecule has 9 heteroatoms. The largest absolute Gasteiger partial charge is 0.507 e. The van der Waals surface area contributed by atoms with Gasteiger partial charge >= 0.3 is 6.18 Å². The van der Waals surface area contributed by atoms with Gasteiger partial charge in [-0.05, 0) is 62.1 Å². The van der Waals surface area contributed by atoms with Crippen molar-refractivity contribution in [2.24, 2.45) is 0 Å². The van der Waals surface area contributed by atoms with Gasteiger partial charge in [-0.25, -0.2) is 0 Å². The molecule has 0 bridgehead atoms. The van der Waals surface area contributed by atoms with Gasteiger partial charge in [0.1, 0.15) is 18.0 Å². The Hall–Kier alpha value is -2.71. The van der Waals surface area contributed by atoms with E-state index in [0.29, 0.717) is 10.6 Å². The SMILES string of the molecule is Cc1cc(Oc2c(C(F)(F)F)oc3c(C[NH+]4CCCCC4)c(O)ccc3c2=O)ccc1Cl. The molecule has 0 saturated carbocycles. The molecule has 32 heavy (non-hydrogen) atoms. The molecule has 0 radical (unpaired) electrons. The van der Waals surface area contributed by atoms with E-state index in [1.807, 2.05) is 0 Å². The zero-order chi connectivity index (χ0) is 23.0. The number of phenols is 1. The molecule has 2 aromatic carbocycles. The summed E-state index contributed by atoms with van der Waals surface area (Å²) in [5.41, 5.74) is -0.448. The number of aryl methyl sites for hydroxylation is 1. The summed E-state index contributed by atoms with van der Waals surface area (Å²) in [6, 6.07) is 6.85. The van der Waals surface area contributed by atoms with Crippen LogP contribution in [0.2, 0.25) is 5.02 Å². The minimum Gasteiger partial charge on any atom is -0.507 e. The maximum Gasteiger partial charge on any atom is 0.453 e. The van der Waals surface area contributed by atoms with E-state index in [-0.39, 0.29) is 34.6 Å². The van der Waals surface area contributed by atoms with Gasteiger partial charge in [-0.15, -0.1) is 0 Å². The van der Waals surface area contributed by atoms with Gasteiger partial charge in [-0.3, -0.25) is 4.79 Å². The summed E-state index contributed by atoms with van der Waals surface area (Å²) in [4.78, 5) is 14.2. The molecule has 0 unspecified atom stereocenters. The third kappa shape index (κ3) is 4.42. The Kier molecular flexibility index (Phi) is 6.09. The summed E-state index contributed by atoms with van der Waals surface area (Å²) in [6.45, 7) is 3.60. The second-order valence-corrected chi connectivity index (χ2v) is 8.43. The third-order valence-corrected chi connectivity index (χ3v) is 6.12. The molecule has 5 nitrogen and oxygen atoms in total. The first-order valence-electron chi connectivity index (χ1n) is 10.3. The van der Waals surface area contributed by atoms with Crippen LogP contribution in [0.3, 0.4) is 0 Å². The van der Waals surface area contributed by atoms with Crippen LogP contribution in [0.25, 0.3) is 11.0 Å². The fourth-order valence-electron chi connectivity index (χ4n) is 4.01. The highest BCUT2D eigenvalue weighted by Gasteiger charge is 2.41. The van der Waals surface area contributed by atoms with Crippen molar-refractivity contribution in [1.29, 1.82) is 0 Å². The highest BCUT2D eigenvalue weighted by atomic mass is 35.5. The summed E-state index contributed by atoms with van der Waals surface area (Å²) < 4.78 is 52.3. The van der Waals surface area contributed by atoms with Crippen LogP contribution < -0.4 is 15.1 Å². The molecular formula is C23H22ClF3NO4+. The second-order valence-electron chi connectivity index (χ2n) is 8.03. The summed E-state index contributed by atoms with van der Waals surface area (Å²) in [7, 11) is 0. The lowest BCUT2D eigenvalue weighted by atomic mass is 10.1. The van der Waals surface area contributed by atoms with Crippen molar-refractivity contribution in [1.82, 2.24) is 0 Å². The van der Waals surface area contributed by atoms with Gasteiger partial charge < -0.3 is 19.2 Å². The molecule has 1 aliphatic heterocycles. The van der Waals surface area contributed by atoms with Gasteiger partial charge in [-0.2, -0.15) is 13.2 Å². The van der Waals surface area contributed by atoms with Crippen molar-refractivity contribution in [2.45, 2.75) is 38.9 Å². The highest BCUT2D eigenvalue weighted by molar-refractivity contribution is 6.31. The number of rotatable bonds is 4. The first-order chi connectivity index (χ1) is 15.1. The number of phenolic OH excluding ortho intramolecular Hbond substituents is 1. The van der Waals surface area contributed by atoms with Crippen molar-refractivity contribution < 1.29 is 32.3 Å². The van der Waals surface area contributed by atoms with Gasteiger partial charge in [0.15, 0.2) is 5.58 Å². The number of nitrogens with one attached hydrogen (secondary N) is 1. The minimum atomic E-state index is -4.98. The highest BCUT2D eigenvalue weighted by Crippen LogP contribution is 2.40. The van der Waals surface area contributed by atoms with E-state index >= 15 is 0 Å². The normalized spacial score (nSPS) is 15.3. The van der Waals surface area contributed by atoms with E-state index in [4.69, 9.17) is 20.8 Å². The van der Waals surface area contributed by atoms with Gasteiger partial charge in [-0.1, -0.05) is 11.6 Å². The van der Waals surface area contributed by atoms with E-state index in [1.165, 1.54) is 30.3 Å². The predicted molar refractivity (Wildman–Crippen MR) is 114 cm³/mol. The summed E-state index contributed by atoms with van der Waals surface area (Å²) >= 11 is 5.97. The fraction of sp³-hybridized carbons (Fsp3) is 0.348. The van der Waals surface area contributed by atoms with Crippen molar-refractivity contribution in [2.75, 3.05) is 13.1 Å². The zero-order valence-corrected chi connectivity index (χ0v) is 18.1. The second kappa shape index (κ2) is 8.67. The van der Waals surface area contributed by atoms with Gasteiger partial charge in [0, 0.05) is 5.02 Å². The van der Waals surface area contributed by atoms with Crippen molar-refractivity contribution in [3.8, 4) is 17.2 Å². The minimum absolute atomic E-state index is 0.0285. The number of fused-ring (bicyclic) bond motifs is 1. The number of aromatic hydroxyl groups is 1. The molecule has 2 N–H and O–H groups in total. The Bertz CT molecular complexity index is 1220. The molecule has 1 fully saturated rings. The van der Waals surface area contributed by atoms with Crippen LogP contribution >= 0.6 is 11.6 Å². The molecule has 1 aromatic heterocycles. The van der Waals surface area contributed by atoms with Crippen LogP contribution in [0.4, 0.5) is 13.2 Å². The molecular weight excluding hydrogens is 447 g/mol. The molecule has 0 aliphatic carbocycles. The number of halogens is 4. The van der Waals surface area contributed by atoms with Gasteiger partial charge in [0.25, 0.3) is 5.76 Å². The Morgan fingerprint density at radius 2 is 1.88 bits per heavy atom. The van der Waals surface area contributed by atoms with Crippen molar-refractivity contribution >= 4 is 22.6 Å². The quantitative estimate of drug-likeness (QED) is 0.575. The van der Waals surface area contributed by atoms with E-state index in [9.17, 15) is 23.1 Å². The zero-order valence-electron chi connectivity index (χ0n) is 17.3. The van der Waals surface area contributed by atoms with Crippen LogP contribution in [0.1, 0.15) is 36.1 Å². The lowest BCUT2D eigenvalue weighted by Gasteiger charge is -2.24. The number of likely N-dealkylation sites (tertiary alicyclic amines) is 1. The van der Waals surface area contributed by atoms with Crippen LogP contribution in [0.5, 0.6) is 17.2 Å². The van der Waals surface area contributed by atoms with Crippen LogP contribution in [0.15, 0.2) is 39.5 Å². The molecule has 1 aliphatic rings. The molecule has 0 atom stereocenters. The van der Waals surface area contributed by atoms with Crippen molar-refractivity contribution in [3.05, 3.63) is 62.5 Å². The Morgan fingerprint density at radius 1 is 1.16 bits per heavy atom. The maximum atomic E-state index is 13.9. The summed E-state index contributed by atoms with van der Waals surface area (Å²) in [5.74, 6) is -2.66. The van der Waals surface area contributed by atoms with E-state index in [0.717, 1.165) is 37.3 Å². The number of alkyl halides is 3. The smallest absolute Gasteiger partial charge is 0.453 e. The lowest BCUT2D eigenvalue weighted by Crippen LogP contribution is -3.11. The fourth-order valence-corrected chi connectivity index (χ4v) is 4.13. The standard InChI is InChI=1S/C23H21ClF3NO4/c1-13-11-14(5-7-17(13)24)31-21-19(30)15-6-8-18(29)16(12-28-9-3-2-4-10-28)20(15)32-22(21)23(25,26)27/h5-8,11,29H,2-4,9-10,12H2,1H3/p+1. The van der Waals surface area contributed by atoms with Crippen LogP contribution in [-0.4, -0.2) is 18.2 Å². The topological polar surface area (TPSA) is 64.1 Å².